The van der Waals surface area contributed by atoms with Crippen molar-refractivity contribution in [1.82, 2.24) is 10.2 Å². The second-order valence-electron chi connectivity index (χ2n) is 6.32. The molecule has 0 aromatic rings. The number of hydrogen-bond donors (Lipinski definition) is 2. The molecule has 1 heterocycles. The van der Waals surface area contributed by atoms with Gasteiger partial charge in [-0.2, -0.15) is 0 Å². The Morgan fingerprint density at radius 1 is 1.29 bits per heavy atom. The summed E-state index contributed by atoms with van der Waals surface area (Å²) in [7, 11) is 0. The Morgan fingerprint density at radius 2 is 1.82 bits per heavy atom. The average Bonchev–Trinajstić information content (AvgIpc) is 2.23. The van der Waals surface area contributed by atoms with Gasteiger partial charge in [0.2, 0.25) is 0 Å². The smallest absolute Gasteiger partial charge is 0.0623 e. The van der Waals surface area contributed by atoms with Crippen molar-refractivity contribution >= 4 is 0 Å². The number of nitrogens with zero attached hydrogens (tertiary/aromatic N) is 1. The number of rotatable bonds is 5. The number of aliphatic hydroxyl groups is 1. The molecule has 0 aromatic heterocycles. The fraction of sp³-hybridized carbons (Fsp3) is 1.00. The van der Waals surface area contributed by atoms with Crippen LogP contribution in [0.5, 0.6) is 0 Å². The summed E-state index contributed by atoms with van der Waals surface area (Å²) < 4.78 is 0. The maximum atomic E-state index is 9.65. The van der Waals surface area contributed by atoms with Gasteiger partial charge in [-0.3, -0.25) is 4.90 Å². The zero-order chi connectivity index (χ0) is 13.1. The molecule has 0 radical (unpaired) electrons. The molecule has 1 aliphatic heterocycles. The minimum Gasteiger partial charge on any atom is -0.394 e. The van der Waals surface area contributed by atoms with E-state index in [-0.39, 0.29) is 12.1 Å². The molecule has 1 unspecified atom stereocenters. The summed E-state index contributed by atoms with van der Waals surface area (Å²) in [5.41, 5.74) is -0.186. The Kier molecular flexibility index (Phi) is 5.42. The third-order valence-corrected chi connectivity index (χ3v) is 3.89. The number of nitrogens with one attached hydrogen (secondary N) is 1. The van der Waals surface area contributed by atoms with E-state index in [9.17, 15) is 5.11 Å². The van der Waals surface area contributed by atoms with Gasteiger partial charge in [-0.05, 0) is 33.6 Å². The van der Waals surface area contributed by atoms with Crippen LogP contribution in [0.4, 0.5) is 0 Å². The number of piperidine rings is 1. The Bertz CT molecular complexity index is 222. The molecule has 1 rings (SSSR count). The first-order chi connectivity index (χ1) is 7.88. The second-order valence-corrected chi connectivity index (χ2v) is 6.32. The predicted octanol–water partition coefficient (Wildman–Crippen LogP) is 2.00. The van der Waals surface area contributed by atoms with Gasteiger partial charge in [0, 0.05) is 24.7 Å². The molecule has 3 atom stereocenters. The lowest BCUT2D eigenvalue weighted by molar-refractivity contribution is 0.0443. The lowest BCUT2D eigenvalue weighted by Crippen LogP contribution is -2.59. The Labute approximate surface area is 107 Å². The molecule has 0 amide bonds. The molecule has 102 valence electrons. The normalized spacial score (nSPS) is 30.5. The van der Waals surface area contributed by atoms with Crippen molar-refractivity contribution in [2.75, 3.05) is 13.2 Å². The van der Waals surface area contributed by atoms with E-state index in [1.165, 1.54) is 19.3 Å². The van der Waals surface area contributed by atoms with Gasteiger partial charge in [-0.1, -0.05) is 20.3 Å². The first-order valence-corrected chi connectivity index (χ1v) is 7.02. The molecule has 2 N–H and O–H groups in total. The van der Waals surface area contributed by atoms with Gasteiger partial charge in [0.05, 0.1) is 12.1 Å². The van der Waals surface area contributed by atoms with E-state index in [2.05, 4.69) is 44.8 Å². The van der Waals surface area contributed by atoms with Crippen LogP contribution in [0.1, 0.15) is 53.9 Å². The van der Waals surface area contributed by atoms with Crippen molar-refractivity contribution in [1.29, 1.82) is 0 Å². The predicted molar refractivity (Wildman–Crippen MR) is 73.2 cm³/mol. The molecular formula is C14H30N2O. The standard InChI is InChI=1S/C14H30N2O/c1-11(2)15-14(5,10-17)9-16-12(3)7-6-8-13(16)4/h11-13,15,17H,6-10H2,1-5H3/t12-,13+,14?. The lowest BCUT2D eigenvalue weighted by atomic mass is 9.93. The van der Waals surface area contributed by atoms with E-state index < -0.39 is 0 Å². The van der Waals surface area contributed by atoms with Gasteiger partial charge in [-0.25, -0.2) is 0 Å². The highest BCUT2D eigenvalue weighted by atomic mass is 16.3. The summed E-state index contributed by atoms with van der Waals surface area (Å²) in [6.07, 6.45) is 3.91. The Balaban J connectivity index is 2.65. The van der Waals surface area contributed by atoms with Crippen LogP contribution in [0.25, 0.3) is 0 Å². The highest BCUT2D eigenvalue weighted by Gasteiger charge is 2.32. The topological polar surface area (TPSA) is 35.5 Å². The van der Waals surface area contributed by atoms with Crippen molar-refractivity contribution in [3.8, 4) is 0 Å². The molecule has 0 aromatic carbocycles. The summed E-state index contributed by atoms with van der Waals surface area (Å²) >= 11 is 0. The summed E-state index contributed by atoms with van der Waals surface area (Å²) in [5.74, 6) is 0. The molecule has 1 aliphatic rings. The van der Waals surface area contributed by atoms with Crippen LogP contribution in [0.15, 0.2) is 0 Å². The van der Waals surface area contributed by atoms with Gasteiger partial charge in [0.1, 0.15) is 0 Å². The lowest BCUT2D eigenvalue weighted by Gasteiger charge is -2.44. The SMILES string of the molecule is CC(C)NC(C)(CO)CN1[C@H](C)CCC[C@@H]1C. The van der Waals surface area contributed by atoms with Crippen LogP contribution < -0.4 is 5.32 Å². The highest BCUT2D eigenvalue weighted by molar-refractivity contribution is 4.91. The first-order valence-electron chi connectivity index (χ1n) is 7.02. The van der Waals surface area contributed by atoms with Crippen molar-refractivity contribution < 1.29 is 5.11 Å². The van der Waals surface area contributed by atoms with Gasteiger partial charge in [0.15, 0.2) is 0 Å². The molecular weight excluding hydrogens is 212 g/mol. The summed E-state index contributed by atoms with van der Waals surface area (Å²) in [5, 5.41) is 13.2. The van der Waals surface area contributed by atoms with Crippen molar-refractivity contribution in [3.63, 3.8) is 0 Å². The highest BCUT2D eigenvalue weighted by Crippen LogP contribution is 2.24. The molecule has 0 aliphatic carbocycles. The van der Waals surface area contributed by atoms with Gasteiger partial charge in [-0.15, -0.1) is 0 Å². The molecule has 3 nitrogen and oxygen atoms in total. The van der Waals surface area contributed by atoms with Crippen molar-refractivity contribution in [3.05, 3.63) is 0 Å². The minimum atomic E-state index is -0.186. The first kappa shape index (κ1) is 14.9. The average molecular weight is 242 g/mol. The maximum Gasteiger partial charge on any atom is 0.0623 e. The number of aliphatic hydroxyl groups excluding tert-OH is 1. The van der Waals surface area contributed by atoms with Gasteiger partial charge in [0.25, 0.3) is 0 Å². The quantitative estimate of drug-likeness (QED) is 0.774. The van der Waals surface area contributed by atoms with Crippen molar-refractivity contribution in [2.24, 2.45) is 0 Å². The fourth-order valence-electron chi connectivity index (χ4n) is 3.03. The number of likely N-dealkylation sites (tertiary alicyclic amines) is 1. The second kappa shape index (κ2) is 6.17. The number of hydrogen-bond acceptors (Lipinski definition) is 3. The van der Waals surface area contributed by atoms with E-state index in [4.69, 9.17) is 0 Å². The minimum absolute atomic E-state index is 0.186. The zero-order valence-corrected chi connectivity index (χ0v) is 12.2. The van der Waals surface area contributed by atoms with Crippen LogP contribution in [-0.4, -0.2) is 46.8 Å². The van der Waals surface area contributed by atoms with Gasteiger partial charge >= 0.3 is 0 Å². The van der Waals surface area contributed by atoms with Crippen molar-refractivity contribution in [2.45, 2.75) is 77.5 Å². The van der Waals surface area contributed by atoms with Crippen LogP contribution in [-0.2, 0) is 0 Å². The maximum absolute atomic E-state index is 9.65. The third-order valence-electron chi connectivity index (χ3n) is 3.89. The molecule has 0 saturated carbocycles. The summed E-state index contributed by atoms with van der Waals surface area (Å²) in [6, 6.07) is 1.68. The van der Waals surface area contributed by atoms with E-state index in [1.807, 2.05) is 0 Å². The van der Waals surface area contributed by atoms with Crippen LogP contribution in [0.2, 0.25) is 0 Å². The summed E-state index contributed by atoms with van der Waals surface area (Å²) in [4.78, 5) is 2.55. The summed E-state index contributed by atoms with van der Waals surface area (Å²) in [6.45, 7) is 12.1. The van der Waals surface area contributed by atoms with E-state index in [1.54, 1.807) is 0 Å². The van der Waals surface area contributed by atoms with Crippen LogP contribution in [0, 0.1) is 0 Å². The molecule has 1 saturated heterocycles. The Morgan fingerprint density at radius 3 is 2.24 bits per heavy atom. The Hall–Kier alpha value is -0.120. The molecule has 0 bridgehead atoms. The van der Waals surface area contributed by atoms with E-state index >= 15 is 0 Å². The van der Waals surface area contributed by atoms with E-state index in [0.29, 0.717) is 18.1 Å². The monoisotopic (exact) mass is 242 g/mol. The fourth-order valence-corrected chi connectivity index (χ4v) is 3.03. The molecule has 17 heavy (non-hydrogen) atoms. The van der Waals surface area contributed by atoms with Gasteiger partial charge < -0.3 is 10.4 Å². The zero-order valence-electron chi connectivity index (χ0n) is 12.2. The van der Waals surface area contributed by atoms with Crippen LogP contribution >= 0.6 is 0 Å². The molecule has 1 fully saturated rings. The molecule has 0 spiro atoms. The van der Waals surface area contributed by atoms with Crippen LogP contribution in [0.3, 0.4) is 0 Å². The molecule has 3 heteroatoms. The largest absolute Gasteiger partial charge is 0.394 e. The van der Waals surface area contributed by atoms with E-state index in [0.717, 1.165) is 6.54 Å². The third kappa shape index (κ3) is 4.23.